The third-order valence-electron chi connectivity index (χ3n) is 8.57. The molecular weight excluding hydrogens is 546 g/mol. The number of alkyl halides is 4. The minimum atomic E-state index is -5.22. The Kier molecular flexibility index (Phi) is 7.16. The smallest absolute Gasteiger partial charge is 0.338 e. The van der Waals surface area contributed by atoms with Gasteiger partial charge < -0.3 is 20.9 Å². The van der Waals surface area contributed by atoms with E-state index in [0.29, 0.717) is 5.56 Å². The van der Waals surface area contributed by atoms with E-state index in [4.69, 9.17) is 0 Å². The number of rotatable bonds is 6. The standard InChI is InChI=1S/C28H33F4N5O4/c1-13-7-8-17-15(9-13)27(29,23(40)35-17)10-14(11-33)34-21(38)19-18-16(26(18,5)6)12-37(19)22(39)20(25(2,3)4)36-24(41)28(30,31)32/h7-9,14,16,18-20H,10,12H2,1-6H3,(H,34,38)(H,35,40)(H,36,41)/t14?,16-,18-,19-,20+,27?/m0/s1. The molecule has 1 aromatic rings. The molecule has 1 saturated carbocycles. The molecule has 9 nitrogen and oxygen atoms in total. The zero-order valence-electron chi connectivity index (χ0n) is 23.6. The van der Waals surface area contributed by atoms with Gasteiger partial charge in [-0.3, -0.25) is 19.2 Å². The summed E-state index contributed by atoms with van der Waals surface area (Å²) in [6.07, 6.45) is -5.91. The molecule has 0 spiro atoms. The van der Waals surface area contributed by atoms with Crippen LogP contribution in [0.25, 0.3) is 0 Å². The van der Waals surface area contributed by atoms with E-state index in [2.05, 4.69) is 10.6 Å². The van der Waals surface area contributed by atoms with Gasteiger partial charge in [-0.1, -0.05) is 52.3 Å². The summed E-state index contributed by atoms with van der Waals surface area (Å²) in [5.74, 6) is -5.42. The van der Waals surface area contributed by atoms with Crippen molar-refractivity contribution in [2.24, 2.45) is 22.7 Å². The molecule has 13 heteroatoms. The van der Waals surface area contributed by atoms with Gasteiger partial charge >= 0.3 is 12.1 Å². The summed E-state index contributed by atoms with van der Waals surface area (Å²) in [5.41, 5.74) is -3.12. The van der Waals surface area contributed by atoms with Gasteiger partial charge in [0.1, 0.15) is 18.1 Å². The van der Waals surface area contributed by atoms with Gasteiger partial charge in [0.25, 0.3) is 5.91 Å². The molecule has 0 radical (unpaired) electrons. The molecule has 0 bridgehead atoms. The minimum absolute atomic E-state index is 0.0477. The Balaban J connectivity index is 1.58. The fourth-order valence-electron chi connectivity index (χ4n) is 6.15. The lowest BCUT2D eigenvalue weighted by Gasteiger charge is -2.38. The number of anilines is 1. The highest BCUT2D eigenvalue weighted by Gasteiger charge is 2.70. The molecule has 1 saturated heterocycles. The normalized spacial score (nSPS) is 27.6. The summed E-state index contributed by atoms with van der Waals surface area (Å²) >= 11 is 0. The van der Waals surface area contributed by atoms with Crippen molar-refractivity contribution in [3.8, 4) is 6.07 Å². The second-order valence-electron chi connectivity index (χ2n) is 12.9. The highest BCUT2D eigenvalue weighted by atomic mass is 19.4. The first-order valence-corrected chi connectivity index (χ1v) is 13.2. The van der Waals surface area contributed by atoms with Crippen molar-refractivity contribution >= 4 is 29.3 Å². The summed E-state index contributed by atoms with van der Waals surface area (Å²) in [6, 6.07) is 2.30. The van der Waals surface area contributed by atoms with Crippen molar-refractivity contribution in [3.05, 3.63) is 29.3 Å². The van der Waals surface area contributed by atoms with Crippen molar-refractivity contribution in [1.82, 2.24) is 15.5 Å². The third kappa shape index (κ3) is 5.24. The Hall–Kier alpha value is -3.69. The number of hydrogen-bond acceptors (Lipinski definition) is 5. The summed E-state index contributed by atoms with van der Waals surface area (Å²) in [4.78, 5) is 52.7. The van der Waals surface area contributed by atoms with E-state index in [1.54, 1.807) is 24.4 Å². The number of benzene rings is 1. The van der Waals surface area contributed by atoms with Crippen LogP contribution in [0.4, 0.5) is 23.2 Å². The van der Waals surface area contributed by atoms with Crippen LogP contribution in [0.3, 0.4) is 0 Å². The van der Waals surface area contributed by atoms with Crippen LogP contribution >= 0.6 is 0 Å². The molecule has 4 amide bonds. The first kappa shape index (κ1) is 30.3. The molecule has 3 N–H and O–H groups in total. The highest BCUT2D eigenvalue weighted by molar-refractivity contribution is 6.05. The van der Waals surface area contributed by atoms with E-state index in [-0.39, 0.29) is 35.0 Å². The lowest BCUT2D eigenvalue weighted by Crippen LogP contribution is -2.61. The van der Waals surface area contributed by atoms with Crippen LogP contribution in [0.15, 0.2) is 18.2 Å². The van der Waals surface area contributed by atoms with Crippen LogP contribution in [0.5, 0.6) is 0 Å². The van der Waals surface area contributed by atoms with Crippen molar-refractivity contribution in [2.45, 2.75) is 77.9 Å². The van der Waals surface area contributed by atoms with Gasteiger partial charge in [0.05, 0.1) is 6.07 Å². The summed E-state index contributed by atoms with van der Waals surface area (Å²) in [7, 11) is 0. The first-order chi connectivity index (χ1) is 18.7. The van der Waals surface area contributed by atoms with E-state index in [0.717, 1.165) is 4.90 Å². The third-order valence-corrected chi connectivity index (χ3v) is 8.57. The number of nitrogens with zero attached hydrogens (tertiary/aromatic N) is 2. The molecule has 6 atom stereocenters. The Labute approximate surface area is 235 Å². The van der Waals surface area contributed by atoms with Gasteiger partial charge in [-0.15, -0.1) is 0 Å². The van der Waals surface area contributed by atoms with Gasteiger partial charge in [-0.25, -0.2) is 4.39 Å². The van der Waals surface area contributed by atoms with E-state index in [1.807, 2.05) is 19.9 Å². The molecular formula is C28H33F4N5O4. The Bertz CT molecular complexity index is 1350. The summed E-state index contributed by atoms with van der Waals surface area (Å²) < 4.78 is 55.2. The number of carbonyl (C=O) groups excluding carboxylic acids is 4. The minimum Gasteiger partial charge on any atom is -0.338 e. The predicted octanol–water partition coefficient (Wildman–Crippen LogP) is 3.09. The largest absolute Gasteiger partial charge is 0.471 e. The number of amides is 4. The summed E-state index contributed by atoms with van der Waals surface area (Å²) in [6.45, 7) is 10.0. The molecule has 4 rings (SSSR count). The van der Waals surface area contributed by atoms with Crippen LogP contribution in [-0.4, -0.2) is 59.4 Å². The SMILES string of the molecule is Cc1ccc2c(c1)C(F)(CC(C#N)NC(=O)[C@@H]1[C@@H]3[C@H](CN1C(=O)[C@@H](NC(=O)C(F)(F)F)C(C)(C)C)C3(C)C)C(=O)N2. The summed E-state index contributed by atoms with van der Waals surface area (Å²) in [5, 5.41) is 16.5. The maximum atomic E-state index is 16.1. The number of hydrogen-bond donors (Lipinski definition) is 3. The van der Waals surface area contributed by atoms with Crippen LogP contribution < -0.4 is 16.0 Å². The number of fused-ring (bicyclic) bond motifs is 2. The van der Waals surface area contributed by atoms with Gasteiger partial charge in [0.15, 0.2) is 0 Å². The maximum absolute atomic E-state index is 16.1. The molecule has 41 heavy (non-hydrogen) atoms. The van der Waals surface area contributed by atoms with Crippen molar-refractivity contribution < 1.29 is 36.7 Å². The quantitative estimate of drug-likeness (QED) is 0.446. The Morgan fingerprint density at radius 2 is 1.83 bits per heavy atom. The van der Waals surface area contributed by atoms with Crippen LogP contribution in [-0.2, 0) is 24.8 Å². The number of nitriles is 1. The highest BCUT2D eigenvalue weighted by Crippen LogP contribution is 2.65. The number of nitrogens with one attached hydrogen (secondary N) is 3. The number of aryl methyl sites for hydroxylation is 1. The number of halogens is 4. The van der Waals surface area contributed by atoms with E-state index >= 15 is 4.39 Å². The average molecular weight is 580 g/mol. The van der Waals surface area contributed by atoms with Crippen LogP contribution in [0.1, 0.15) is 52.2 Å². The van der Waals surface area contributed by atoms with E-state index < -0.39 is 65.4 Å². The van der Waals surface area contributed by atoms with Crippen molar-refractivity contribution in [1.29, 1.82) is 5.26 Å². The second kappa shape index (κ2) is 9.70. The van der Waals surface area contributed by atoms with Gasteiger partial charge in [-0.2, -0.15) is 18.4 Å². The Morgan fingerprint density at radius 1 is 1.20 bits per heavy atom. The van der Waals surface area contributed by atoms with Crippen molar-refractivity contribution in [2.75, 3.05) is 11.9 Å². The lowest BCUT2D eigenvalue weighted by molar-refractivity contribution is -0.176. The monoisotopic (exact) mass is 579 g/mol. The zero-order chi connectivity index (χ0) is 30.9. The molecule has 2 unspecified atom stereocenters. The number of carbonyl (C=O) groups is 4. The van der Waals surface area contributed by atoms with Crippen LogP contribution in [0, 0.1) is 40.9 Å². The van der Waals surface area contributed by atoms with E-state index in [1.165, 1.54) is 26.8 Å². The topological polar surface area (TPSA) is 131 Å². The van der Waals surface area contributed by atoms with E-state index in [9.17, 15) is 37.6 Å². The predicted molar refractivity (Wildman–Crippen MR) is 138 cm³/mol. The molecule has 0 aromatic heterocycles. The fourth-order valence-corrected chi connectivity index (χ4v) is 6.15. The molecule has 2 fully saturated rings. The first-order valence-electron chi connectivity index (χ1n) is 13.2. The Morgan fingerprint density at radius 3 is 2.39 bits per heavy atom. The molecule has 2 heterocycles. The molecule has 222 valence electrons. The molecule has 2 aliphatic heterocycles. The van der Waals surface area contributed by atoms with Gasteiger partial charge in [0, 0.05) is 24.2 Å². The molecule has 1 aromatic carbocycles. The average Bonchev–Trinajstić information content (AvgIpc) is 3.13. The number of likely N-dealkylation sites (tertiary alicyclic amines) is 1. The lowest BCUT2D eigenvalue weighted by atomic mass is 9.85. The van der Waals surface area contributed by atoms with Gasteiger partial charge in [0.2, 0.25) is 17.5 Å². The maximum Gasteiger partial charge on any atom is 0.471 e. The second-order valence-corrected chi connectivity index (χ2v) is 12.9. The zero-order valence-corrected chi connectivity index (χ0v) is 23.6. The van der Waals surface area contributed by atoms with Gasteiger partial charge in [-0.05, 0) is 35.7 Å². The van der Waals surface area contributed by atoms with Crippen molar-refractivity contribution in [3.63, 3.8) is 0 Å². The molecule has 1 aliphatic carbocycles. The molecule has 3 aliphatic rings. The van der Waals surface area contributed by atoms with Crippen LogP contribution in [0.2, 0.25) is 0 Å². The number of piperidine rings is 1. The fraction of sp³-hybridized carbons (Fsp3) is 0.607.